The average molecular weight is 394 g/mol. The van der Waals surface area contributed by atoms with Crippen LogP contribution in [0.3, 0.4) is 0 Å². The van der Waals surface area contributed by atoms with Gasteiger partial charge in [-0.1, -0.05) is 6.07 Å². The van der Waals surface area contributed by atoms with E-state index in [1.54, 1.807) is 14.2 Å². The van der Waals surface area contributed by atoms with Crippen LogP contribution < -0.4 is 20.1 Å². The maximum absolute atomic E-state index is 13.0. The summed E-state index contributed by atoms with van der Waals surface area (Å²) in [5, 5.41) is 6.15. The second-order valence-corrected chi connectivity index (χ2v) is 6.40. The monoisotopic (exact) mass is 394 g/mol. The second-order valence-electron chi connectivity index (χ2n) is 6.40. The molecule has 0 atom stereocenters. The summed E-state index contributed by atoms with van der Waals surface area (Å²) in [6.45, 7) is 0.747. The van der Waals surface area contributed by atoms with Gasteiger partial charge in [0.15, 0.2) is 11.5 Å². The van der Waals surface area contributed by atoms with Crippen LogP contribution in [0.15, 0.2) is 66.7 Å². The molecule has 0 spiro atoms. The summed E-state index contributed by atoms with van der Waals surface area (Å²) in [7, 11) is 3.24. The van der Waals surface area contributed by atoms with Gasteiger partial charge in [-0.3, -0.25) is 4.79 Å². The second kappa shape index (κ2) is 9.59. The van der Waals surface area contributed by atoms with Crippen molar-refractivity contribution in [1.29, 1.82) is 0 Å². The van der Waals surface area contributed by atoms with Gasteiger partial charge in [-0.2, -0.15) is 0 Å². The normalized spacial score (nSPS) is 10.3. The van der Waals surface area contributed by atoms with Crippen molar-refractivity contribution in [2.24, 2.45) is 0 Å². The van der Waals surface area contributed by atoms with Gasteiger partial charge in [0.1, 0.15) is 5.82 Å². The van der Waals surface area contributed by atoms with Crippen LogP contribution >= 0.6 is 0 Å². The molecule has 0 aliphatic carbocycles. The van der Waals surface area contributed by atoms with E-state index in [9.17, 15) is 9.18 Å². The number of hydrogen-bond donors (Lipinski definition) is 2. The fraction of sp³-hybridized carbons (Fsp3) is 0.174. The first-order valence-corrected chi connectivity index (χ1v) is 9.21. The van der Waals surface area contributed by atoms with Gasteiger partial charge in [-0.05, 0) is 72.6 Å². The molecule has 1 amide bonds. The number of ether oxygens (including phenoxy) is 2. The topological polar surface area (TPSA) is 59.6 Å². The zero-order chi connectivity index (χ0) is 20.6. The van der Waals surface area contributed by atoms with E-state index in [0.717, 1.165) is 24.2 Å². The molecule has 5 nitrogen and oxygen atoms in total. The zero-order valence-corrected chi connectivity index (χ0v) is 16.4. The Morgan fingerprint density at radius 3 is 2.17 bits per heavy atom. The van der Waals surface area contributed by atoms with Gasteiger partial charge in [0, 0.05) is 23.5 Å². The molecular weight excluding hydrogens is 371 g/mol. The van der Waals surface area contributed by atoms with E-state index >= 15 is 0 Å². The van der Waals surface area contributed by atoms with E-state index in [-0.39, 0.29) is 11.7 Å². The minimum Gasteiger partial charge on any atom is -0.493 e. The first kappa shape index (κ1) is 20.2. The molecule has 0 fully saturated rings. The lowest BCUT2D eigenvalue weighted by atomic mass is 10.1. The number of rotatable bonds is 8. The first-order chi connectivity index (χ1) is 14.1. The minimum absolute atomic E-state index is 0.279. The number of nitrogens with one attached hydrogen (secondary N) is 2. The summed E-state index contributed by atoms with van der Waals surface area (Å²) in [4.78, 5) is 12.2. The highest BCUT2D eigenvalue weighted by Crippen LogP contribution is 2.27. The average Bonchev–Trinajstić information content (AvgIpc) is 2.75. The largest absolute Gasteiger partial charge is 0.493 e. The predicted octanol–water partition coefficient (Wildman–Crippen LogP) is 4.75. The van der Waals surface area contributed by atoms with E-state index in [1.165, 1.54) is 24.3 Å². The summed E-state index contributed by atoms with van der Waals surface area (Å²) in [6, 6.07) is 18.7. The molecule has 0 aromatic heterocycles. The smallest absolute Gasteiger partial charge is 0.255 e. The van der Waals surface area contributed by atoms with E-state index in [1.807, 2.05) is 42.5 Å². The molecule has 0 saturated carbocycles. The van der Waals surface area contributed by atoms with Gasteiger partial charge < -0.3 is 20.1 Å². The van der Waals surface area contributed by atoms with Crippen molar-refractivity contribution in [2.75, 3.05) is 31.4 Å². The van der Waals surface area contributed by atoms with Gasteiger partial charge in [-0.25, -0.2) is 4.39 Å². The maximum atomic E-state index is 13.0. The van der Waals surface area contributed by atoms with Crippen LogP contribution in [0.4, 0.5) is 15.8 Å². The van der Waals surface area contributed by atoms with Gasteiger partial charge in [0.2, 0.25) is 0 Å². The standard InChI is InChI=1S/C23H23FN2O3/c1-28-21-12-3-16(15-22(21)29-2)13-14-25-19-8-10-20(11-9-19)26-23(27)17-4-6-18(24)7-5-17/h3-12,15,25H,13-14H2,1-2H3,(H,26,27). The lowest BCUT2D eigenvalue weighted by molar-refractivity contribution is 0.102. The molecule has 0 aliphatic heterocycles. The van der Waals surface area contributed by atoms with Gasteiger partial charge >= 0.3 is 0 Å². The van der Waals surface area contributed by atoms with Crippen LogP contribution in [-0.2, 0) is 6.42 Å². The molecule has 6 heteroatoms. The number of carbonyl (C=O) groups is 1. The molecule has 3 aromatic rings. The third-order valence-electron chi connectivity index (χ3n) is 4.44. The summed E-state index contributed by atoms with van der Waals surface area (Å²) in [5.41, 5.74) is 3.16. The fourth-order valence-electron chi connectivity index (χ4n) is 2.86. The van der Waals surface area contributed by atoms with Crippen LogP contribution in [0.5, 0.6) is 11.5 Å². The highest BCUT2D eigenvalue weighted by Gasteiger charge is 2.07. The molecule has 0 heterocycles. The lowest BCUT2D eigenvalue weighted by Crippen LogP contribution is -2.12. The van der Waals surface area contributed by atoms with Gasteiger partial charge in [-0.15, -0.1) is 0 Å². The van der Waals surface area contributed by atoms with Gasteiger partial charge in [0.05, 0.1) is 14.2 Å². The Morgan fingerprint density at radius 2 is 1.52 bits per heavy atom. The molecule has 3 aromatic carbocycles. The molecule has 0 bridgehead atoms. The number of anilines is 2. The fourth-order valence-corrected chi connectivity index (χ4v) is 2.86. The van der Waals surface area contributed by atoms with E-state index < -0.39 is 0 Å². The minimum atomic E-state index is -0.370. The number of methoxy groups -OCH3 is 2. The molecule has 2 N–H and O–H groups in total. The van der Waals surface area contributed by atoms with Crippen LogP contribution in [-0.4, -0.2) is 26.7 Å². The summed E-state index contributed by atoms with van der Waals surface area (Å²) >= 11 is 0. The van der Waals surface area contributed by atoms with Crippen LogP contribution in [0, 0.1) is 5.82 Å². The van der Waals surface area contributed by atoms with E-state index in [0.29, 0.717) is 22.7 Å². The molecule has 3 rings (SSSR count). The van der Waals surface area contributed by atoms with Crippen molar-refractivity contribution < 1.29 is 18.7 Å². The van der Waals surface area contributed by atoms with Crippen molar-refractivity contribution in [1.82, 2.24) is 0 Å². The Balaban J connectivity index is 1.51. The molecule has 29 heavy (non-hydrogen) atoms. The van der Waals surface area contributed by atoms with Crippen LogP contribution in [0.1, 0.15) is 15.9 Å². The lowest BCUT2D eigenvalue weighted by Gasteiger charge is -2.11. The Bertz CT molecular complexity index is 957. The quantitative estimate of drug-likeness (QED) is 0.579. The van der Waals surface area contributed by atoms with Crippen LogP contribution in [0.2, 0.25) is 0 Å². The van der Waals surface area contributed by atoms with E-state index in [4.69, 9.17) is 9.47 Å². The Labute approximate surface area is 169 Å². The number of amides is 1. The zero-order valence-electron chi connectivity index (χ0n) is 16.4. The molecule has 0 unspecified atom stereocenters. The predicted molar refractivity (Wildman–Crippen MR) is 113 cm³/mol. The van der Waals surface area contributed by atoms with Crippen LogP contribution in [0.25, 0.3) is 0 Å². The third-order valence-corrected chi connectivity index (χ3v) is 4.44. The number of benzene rings is 3. The first-order valence-electron chi connectivity index (χ1n) is 9.21. The highest BCUT2D eigenvalue weighted by molar-refractivity contribution is 6.04. The third kappa shape index (κ3) is 5.48. The Kier molecular flexibility index (Phi) is 6.68. The molecule has 150 valence electrons. The molecule has 0 saturated heterocycles. The summed E-state index contributed by atoms with van der Waals surface area (Å²) in [6.07, 6.45) is 0.823. The Morgan fingerprint density at radius 1 is 0.862 bits per heavy atom. The molecule has 0 aliphatic rings. The number of halogens is 1. The maximum Gasteiger partial charge on any atom is 0.255 e. The summed E-state index contributed by atoms with van der Waals surface area (Å²) in [5.74, 6) is 0.776. The van der Waals surface area contributed by atoms with Gasteiger partial charge in [0.25, 0.3) is 5.91 Å². The van der Waals surface area contributed by atoms with Crippen molar-refractivity contribution in [3.05, 3.63) is 83.7 Å². The summed E-state index contributed by atoms with van der Waals surface area (Å²) < 4.78 is 23.5. The van der Waals surface area contributed by atoms with Crippen molar-refractivity contribution in [2.45, 2.75) is 6.42 Å². The number of hydrogen-bond acceptors (Lipinski definition) is 4. The highest BCUT2D eigenvalue weighted by atomic mass is 19.1. The van der Waals surface area contributed by atoms with Crippen molar-refractivity contribution in [3.63, 3.8) is 0 Å². The molecule has 0 radical (unpaired) electrons. The number of carbonyl (C=O) groups excluding carboxylic acids is 1. The van der Waals surface area contributed by atoms with E-state index in [2.05, 4.69) is 10.6 Å². The SMILES string of the molecule is COc1ccc(CCNc2ccc(NC(=O)c3ccc(F)cc3)cc2)cc1OC. The van der Waals surface area contributed by atoms with Crippen molar-refractivity contribution >= 4 is 17.3 Å². The van der Waals surface area contributed by atoms with Crippen molar-refractivity contribution in [3.8, 4) is 11.5 Å². The molecular formula is C23H23FN2O3. The Hall–Kier alpha value is -3.54.